The normalized spacial score (nSPS) is 10.6. The minimum atomic E-state index is -0.532. The summed E-state index contributed by atoms with van der Waals surface area (Å²) in [6, 6.07) is 19.2. The smallest absolute Gasteiger partial charge is 0.273 e. The Morgan fingerprint density at radius 1 is 1.10 bits per heavy atom. The van der Waals surface area contributed by atoms with Crippen LogP contribution in [0.3, 0.4) is 0 Å². The van der Waals surface area contributed by atoms with E-state index in [1.165, 1.54) is 25.3 Å². The molecule has 0 bridgehead atoms. The highest BCUT2D eigenvalue weighted by atomic mass is 32.1. The number of carbonyl (C=O) groups is 1. The number of nitrogens with zero attached hydrogens (tertiary/aromatic N) is 2. The van der Waals surface area contributed by atoms with Gasteiger partial charge in [-0.3, -0.25) is 14.9 Å². The molecule has 31 heavy (non-hydrogen) atoms. The zero-order valence-corrected chi connectivity index (χ0v) is 17.2. The van der Waals surface area contributed by atoms with Crippen LogP contribution in [0, 0.1) is 10.1 Å². The van der Waals surface area contributed by atoms with Gasteiger partial charge in [0.2, 0.25) is 0 Å². The number of methoxy groups -OCH3 is 1. The first-order valence-corrected chi connectivity index (χ1v) is 10.1. The Morgan fingerprint density at radius 3 is 2.65 bits per heavy atom. The molecule has 1 aromatic heterocycles. The molecule has 0 fully saturated rings. The summed E-state index contributed by atoms with van der Waals surface area (Å²) >= 11 is 1.55. The fraction of sp³-hybridized carbons (Fsp3) is 0.0909. The largest absolute Gasteiger partial charge is 0.494 e. The summed E-state index contributed by atoms with van der Waals surface area (Å²) in [5.41, 5.74) is 1.89. The average molecular weight is 435 g/mol. The second-order valence-electron chi connectivity index (χ2n) is 6.46. The molecule has 8 nitrogen and oxygen atoms in total. The maximum absolute atomic E-state index is 12.4. The van der Waals surface area contributed by atoms with Crippen LogP contribution in [-0.4, -0.2) is 29.5 Å². The van der Waals surface area contributed by atoms with E-state index in [2.05, 4.69) is 10.3 Å². The van der Waals surface area contributed by atoms with Crippen LogP contribution < -0.4 is 14.8 Å². The van der Waals surface area contributed by atoms with Crippen molar-refractivity contribution in [3.05, 3.63) is 76.8 Å². The van der Waals surface area contributed by atoms with Gasteiger partial charge in [0.1, 0.15) is 16.5 Å². The van der Waals surface area contributed by atoms with Crippen molar-refractivity contribution in [2.75, 3.05) is 19.0 Å². The molecular formula is C22H17N3O5S. The first-order chi connectivity index (χ1) is 15.0. The zero-order valence-electron chi connectivity index (χ0n) is 16.4. The Balaban J connectivity index is 1.49. The van der Waals surface area contributed by atoms with Crippen LogP contribution in [0.15, 0.2) is 66.7 Å². The summed E-state index contributed by atoms with van der Waals surface area (Å²) in [5.74, 6) is 0.302. The van der Waals surface area contributed by atoms with Gasteiger partial charge in [-0.05, 0) is 30.3 Å². The molecule has 0 aliphatic heterocycles. The molecule has 156 valence electrons. The van der Waals surface area contributed by atoms with Crippen molar-refractivity contribution in [2.45, 2.75) is 0 Å². The molecule has 4 aromatic rings. The van der Waals surface area contributed by atoms with Crippen LogP contribution in [0.1, 0.15) is 0 Å². The molecule has 9 heteroatoms. The first-order valence-electron chi connectivity index (χ1n) is 9.25. The zero-order chi connectivity index (χ0) is 21.8. The van der Waals surface area contributed by atoms with E-state index in [-0.39, 0.29) is 18.0 Å². The predicted molar refractivity (Wildman–Crippen MR) is 119 cm³/mol. The number of benzene rings is 3. The van der Waals surface area contributed by atoms with E-state index < -0.39 is 10.8 Å². The summed E-state index contributed by atoms with van der Waals surface area (Å²) in [5, 5.41) is 14.4. The van der Waals surface area contributed by atoms with Crippen molar-refractivity contribution in [1.29, 1.82) is 0 Å². The highest BCUT2D eigenvalue weighted by Gasteiger charge is 2.15. The standard InChI is InChI=1S/C22H17N3O5S/c1-29-19-12-14(25(27)28)10-11-16(19)23-21(26)13-30-18-8-4-2-6-15(18)22-24-17-7-3-5-9-20(17)31-22/h2-12H,13H2,1H3,(H,23,26). The van der Waals surface area contributed by atoms with Crippen LogP contribution in [-0.2, 0) is 4.79 Å². The van der Waals surface area contributed by atoms with Gasteiger partial charge in [0.15, 0.2) is 6.61 Å². The van der Waals surface area contributed by atoms with Gasteiger partial charge in [-0.1, -0.05) is 24.3 Å². The van der Waals surface area contributed by atoms with Gasteiger partial charge in [-0.15, -0.1) is 11.3 Å². The van der Waals surface area contributed by atoms with Crippen LogP contribution in [0.2, 0.25) is 0 Å². The fourth-order valence-corrected chi connectivity index (χ4v) is 3.98. The number of rotatable bonds is 7. The highest BCUT2D eigenvalue weighted by Crippen LogP contribution is 2.35. The molecule has 0 saturated carbocycles. The molecule has 0 atom stereocenters. The predicted octanol–water partition coefficient (Wildman–Crippen LogP) is 4.90. The average Bonchev–Trinajstić information content (AvgIpc) is 3.22. The van der Waals surface area contributed by atoms with Gasteiger partial charge in [-0.2, -0.15) is 0 Å². The second-order valence-corrected chi connectivity index (χ2v) is 7.49. The maximum Gasteiger partial charge on any atom is 0.273 e. The summed E-state index contributed by atoms with van der Waals surface area (Å²) in [4.78, 5) is 27.4. The first kappa shape index (κ1) is 20.3. The third-order valence-electron chi connectivity index (χ3n) is 4.44. The molecule has 0 saturated heterocycles. The van der Waals surface area contributed by atoms with Crippen LogP contribution in [0.5, 0.6) is 11.5 Å². The molecule has 0 spiro atoms. The number of para-hydroxylation sites is 2. The third-order valence-corrected chi connectivity index (χ3v) is 5.51. The van der Waals surface area contributed by atoms with Crippen molar-refractivity contribution in [1.82, 2.24) is 4.98 Å². The van der Waals surface area contributed by atoms with E-state index in [0.717, 1.165) is 20.8 Å². The number of anilines is 1. The van der Waals surface area contributed by atoms with Crippen molar-refractivity contribution in [2.24, 2.45) is 0 Å². The summed E-state index contributed by atoms with van der Waals surface area (Å²) in [6.07, 6.45) is 0. The molecule has 1 amide bonds. The number of hydrogen-bond donors (Lipinski definition) is 1. The van der Waals surface area contributed by atoms with Crippen molar-refractivity contribution >= 4 is 38.8 Å². The summed E-state index contributed by atoms with van der Waals surface area (Å²) in [7, 11) is 1.37. The highest BCUT2D eigenvalue weighted by molar-refractivity contribution is 7.21. The van der Waals surface area contributed by atoms with E-state index in [0.29, 0.717) is 11.4 Å². The molecule has 1 heterocycles. The molecule has 0 aliphatic carbocycles. The van der Waals surface area contributed by atoms with Crippen molar-refractivity contribution in [3.8, 4) is 22.1 Å². The molecule has 4 rings (SSSR count). The number of thiazole rings is 1. The van der Waals surface area contributed by atoms with E-state index in [1.54, 1.807) is 17.4 Å². The lowest BCUT2D eigenvalue weighted by atomic mass is 10.2. The minimum Gasteiger partial charge on any atom is -0.494 e. The van der Waals surface area contributed by atoms with Gasteiger partial charge >= 0.3 is 0 Å². The minimum absolute atomic E-state index is 0.129. The van der Waals surface area contributed by atoms with Crippen molar-refractivity contribution in [3.63, 3.8) is 0 Å². The number of amides is 1. The van der Waals surface area contributed by atoms with E-state index in [9.17, 15) is 14.9 Å². The van der Waals surface area contributed by atoms with Gasteiger partial charge in [0, 0.05) is 6.07 Å². The Morgan fingerprint density at radius 2 is 1.87 bits per heavy atom. The number of ether oxygens (including phenoxy) is 2. The van der Waals surface area contributed by atoms with E-state index in [1.807, 2.05) is 42.5 Å². The number of nitro groups is 1. The lowest BCUT2D eigenvalue weighted by Crippen LogP contribution is -2.20. The van der Waals surface area contributed by atoms with Gasteiger partial charge < -0.3 is 14.8 Å². The van der Waals surface area contributed by atoms with Gasteiger partial charge in [0.05, 0.1) is 39.6 Å². The van der Waals surface area contributed by atoms with E-state index >= 15 is 0 Å². The second kappa shape index (κ2) is 8.80. The number of hydrogen-bond acceptors (Lipinski definition) is 7. The molecule has 0 aliphatic rings. The number of nitro benzene ring substituents is 1. The monoisotopic (exact) mass is 435 g/mol. The molecule has 3 aromatic carbocycles. The number of non-ortho nitro benzene ring substituents is 1. The lowest BCUT2D eigenvalue weighted by molar-refractivity contribution is -0.384. The number of fused-ring (bicyclic) bond motifs is 1. The lowest BCUT2D eigenvalue weighted by Gasteiger charge is -2.12. The maximum atomic E-state index is 12.4. The SMILES string of the molecule is COc1cc([N+](=O)[O-])ccc1NC(=O)COc1ccccc1-c1nc2ccccc2s1. The molecular weight excluding hydrogens is 418 g/mol. The Labute approximate surface area is 181 Å². The van der Waals surface area contributed by atoms with Gasteiger partial charge in [0.25, 0.3) is 11.6 Å². The number of carbonyl (C=O) groups excluding carboxylic acids is 1. The Hall–Kier alpha value is -3.98. The quantitative estimate of drug-likeness (QED) is 0.327. The summed E-state index contributed by atoms with van der Waals surface area (Å²) < 4.78 is 12.0. The van der Waals surface area contributed by atoms with Crippen LogP contribution in [0.25, 0.3) is 20.8 Å². The fourth-order valence-electron chi connectivity index (χ4n) is 2.98. The topological polar surface area (TPSA) is 104 Å². The number of aromatic nitrogens is 1. The van der Waals surface area contributed by atoms with Crippen molar-refractivity contribution < 1.29 is 19.2 Å². The summed E-state index contributed by atoms with van der Waals surface area (Å²) in [6.45, 7) is -0.248. The van der Waals surface area contributed by atoms with Crippen LogP contribution in [0.4, 0.5) is 11.4 Å². The molecule has 0 radical (unpaired) electrons. The Bertz CT molecular complexity index is 1240. The Kier molecular flexibility index (Phi) is 5.76. The van der Waals surface area contributed by atoms with E-state index in [4.69, 9.17) is 9.47 Å². The third kappa shape index (κ3) is 4.46. The number of nitrogens with one attached hydrogen (secondary N) is 1. The molecule has 0 unspecified atom stereocenters. The van der Waals surface area contributed by atoms with Crippen LogP contribution >= 0.6 is 11.3 Å². The molecule has 1 N–H and O–H groups in total. The van der Waals surface area contributed by atoms with Gasteiger partial charge in [-0.25, -0.2) is 4.98 Å².